The first kappa shape index (κ1) is 28.2. The van der Waals surface area contributed by atoms with Gasteiger partial charge in [-0.05, 0) is 85.3 Å². The number of ether oxygens (including phenoxy) is 2. The van der Waals surface area contributed by atoms with E-state index in [1.807, 2.05) is 56.5 Å². The van der Waals surface area contributed by atoms with E-state index in [9.17, 15) is 9.59 Å². The van der Waals surface area contributed by atoms with Crippen LogP contribution in [0, 0.1) is 13.8 Å². The number of hydrogen-bond donors (Lipinski definition) is 1. The number of anilines is 2. The molecule has 1 N–H and O–H groups in total. The van der Waals surface area contributed by atoms with Crippen LogP contribution in [0.5, 0.6) is 11.5 Å². The largest absolute Gasteiger partial charge is 0.493 e. The van der Waals surface area contributed by atoms with E-state index < -0.39 is 0 Å². The maximum Gasteiger partial charge on any atom is 0.270 e. The van der Waals surface area contributed by atoms with Crippen molar-refractivity contribution in [3.8, 4) is 11.5 Å². The standard InChI is InChI=1S/C28H25BrN2O4S3/c1-16-17(2)22(10-9-21(16)29)30-26(32)15-35-23-11-8-18(12-24(23)34-3)13-25-27(33)31(28(36)38-25)19-6-5-7-20(14-19)37-4/h5-14H,15H2,1-4H3,(H,30,32)/b25-13+. The number of methoxy groups -OCH3 is 1. The minimum absolute atomic E-state index is 0.173. The highest BCUT2D eigenvalue weighted by molar-refractivity contribution is 9.10. The molecule has 10 heteroatoms. The average Bonchev–Trinajstić information content (AvgIpc) is 3.20. The molecule has 1 fully saturated rings. The monoisotopic (exact) mass is 628 g/mol. The van der Waals surface area contributed by atoms with Crippen LogP contribution in [0.3, 0.4) is 0 Å². The first-order valence-corrected chi connectivity index (χ1v) is 14.7. The summed E-state index contributed by atoms with van der Waals surface area (Å²) in [7, 11) is 1.53. The average molecular weight is 630 g/mol. The molecular formula is C28H25BrN2O4S3. The second-order valence-electron chi connectivity index (χ2n) is 8.31. The van der Waals surface area contributed by atoms with Gasteiger partial charge in [0.25, 0.3) is 11.8 Å². The SMILES string of the molecule is COc1cc(/C=C2/SC(=S)N(c3cccc(SC)c3)C2=O)ccc1OCC(=O)Nc1ccc(Br)c(C)c1C. The number of halogens is 1. The first-order chi connectivity index (χ1) is 18.2. The van der Waals surface area contributed by atoms with Gasteiger partial charge in [0, 0.05) is 15.1 Å². The molecule has 4 rings (SSSR count). The fourth-order valence-electron chi connectivity index (χ4n) is 3.74. The van der Waals surface area contributed by atoms with Gasteiger partial charge in [0.1, 0.15) is 0 Å². The van der Waals surface area contributed by atoms with Crippen LogP contribution in [0.15, 0.2) is 68.9 Å². The molecule has 1 aliphatic rings. The van der Waals surface area contributed by atoms with Crippen molar-refractivity contribution in [2.45, 2.75) is 18.7 Å². The predicted octanol–water partition coefficient (Wildman–Crippen LogP) is 7.22. The summed E-state index contributed by atoms with van der Waals surface area (Å²) in [5, 5.41) is 2.89. The minimum atomic E-state index is -0.282. The summed E-state index contributed by atoms with van der Waals surface area (Å²) in [5.41, 5.74) is 4.27. The third kappa shape index (κ3) is 6.26. The van der Waals surface area contributed by atoms with Crippen molar-refractivity contribution >= 4 is 85.3 Å². The Labute approximate surface area is 244 Å². The molecule has 0 aromatic heterocycles. The zero-order valence-electron chi connectivity index (χ0n) is 21.2. The Balaban J connectivity index is 1.46. The van der Waals surface area contributed by atoms with Crippen molar-refractivity contribution in [3.63, 3.8) is 0 Å². The summed E-state index contributed by atoms with van der Waals surface area (Å²) >= 11 is 11.9. The number of thiocarbonyl (C=S) groups is 1. The quantitative estimate of drug-likeness (QED) is 0.160. The minimum Gasteiger partial charge on any atom is -0.493 e. The number of nitrogens with one attached hydrogen (secondary N) is 1. The van der Waals surface area contributed by atoms with Crippen LogP contribution in [-0.4, -0.2) is 36.1 Å². The highest BCUT2D eigenvalue weighted by Gasteiger charge is 2.33. The number of carbonyl (C=O) groups excluding carboxylic acids is 2. The number of hydrogen-bond acceptors (Lipinski definition) is 7. The molecule has 2 amide bonds. The molecule has 1 saturated heterocycles. The number of rotatable bonds is 8. The second-order valence-corrected chi connectivity index (χ2v) is 11.7. The van der Waals surface area contributed by atoms with E-state index in [-0.39, 0.29) is 18.4 Å². The molecule has 0 unspecified atom stereocenters. The van der Waals surface area contributed by atoms with Crippen molar-refractivity contribution in [2.24, 2.45) is 0 Å². The summed E-state index contributed by atoms with van der Waals surface area (Å²) in [6.45, 7) is 3.75. The van der Waals surface area contributed by atoms with Gasteiger partial charge in [-0.1, -0.05) is 52.0 Å². The Hall–Kier alpha value is -2.79. The lowest BCUT2D eigenvalue weighted by atomic mass is 10.1. The van der Waals surface area contributed by atoms with E-state index in [2.05, 4.69) is 21.2 Å². The summed E-state index contributed by atoms with van der Waals surface area (Å²) in [6, 6.07) is 16.8. The number of benzene rings is 3. The van der Waals surface area contributed by atoms with Crippen LogP contribution >= 0.6 is 51.7 Å². The molecule has 6 nitrogen and oxygen atoms in total. The first-order valence-electron chi connectivity index (χ1n) is 11.5. The van der Waals surface area contributed by atoms with Crippen LogP contribution < -0.4 is 19.7 Å². The molecule has 0 spiro atoms. The van der Waals surface area contributed by atoms with Crippen molar-refractivity contribution in [3.05, 3.63) is 80.7 Å². The number of nitrogens with zero attached hydrogens (tertiary/aromatic N) is 1. The molecule has 3 aromatic rings. The molecule has 0 bridgehead atoms. The normalized spacial score (nSPS) is 14.2. The fourth-order valence-corrected chi connectivity index (χ4v) is 5.92. The van der Waals surface area contributed by atoms with Gasteiger partial charge in [-0.3, -0.25) is 14.5 Å². The third-order valence-electron chi connectivity index (χ3n) is 5.94. The topological polar surface area (TPSA) is 67.9 Å². The van der Waals surface area contributed by atoms with E-state index in [1.54, 1.807) is 40.9 Å². The van der Waals surface area contributed by atoms with Crippen LogP contribution in [0.25, 0.3) is 6.08 Å². The molecule has 0 saturated carbocycles. The summed E-state index contributed by atoms with van der Waals surface area (Å²) in [4.78, 5) is 28.8. The lowest BCUT2D eigenvalue weighted by Gasteiger charge is -2.15. The molecule has 0 radical (unpaired) electrons. The Morgan fingerprint density at radius 1 is 1.13 bits per heavy atom. The maximum absolute atomic E-state index is 13.2. The lowest BCUT2D eigenvalue weighted by Crippen LogP contribution is -2.27. The molecule has 38 heavy (non-hydrogen) atoms. The Kier molecular flexibility index (Phi) is 9.19. The summed E-state index contributed by atoms with van der Waals surface area (Å²) < 4.78 is 12.7. The van der Waals surface area contributed by atoms with Gasteiger partial charge < -0.3 is 14.8 Å². The zero-order chi connectivity index (χ0) is 27.4. The Morgan fingerprint density at radius 3 is 2.66 bits per heavy atom. The van der Waals surface area contributed by atoms with Crippen LogP contribution in [-0.2, 0) is 9.59 Å². The smallest absolute Gasteiger partial charge is 0.270 e. The van der Waals surface area contributed by atoms with Crippen LogP contribution in [0.1, 0.15) is 16.7 Å². The predicted molar refractivity (Wildman–Crippen MR) is 165 cm³/mol. The van der Waals surface area contributed by atoms with Gasteiger partial charge in [0.15, 0.2) is 22.4 Å². The van der Waals surface area contributed by atoms with Gasteiger partial charge in [0.2, 0.25) is 0 Å². The Morgan fingerprint density at radius 2 is 1.92 bits per heavy atom. The van der Waals surface area contributed by atoms with Crippen LogP contribution in [0.4, 0.5) is 11.4 Å². The fraction of sp³-hybridized carbons (Fsp3) is 0.179. The molecule has 3 aromatic carbocycles. The van der Waals surface area contributed by atoms with Gasteiger partial charge in [-0.2, -0.15) is 0 Å². The molecular weight excluding hydrogens is 604 g/mol. The van der Waals surface area contributed by atoms with E-state index in [0.29, 0.717) is 20.7 Å². The van der Waals surface area contributed by atoms with Crippen molar-refractivity contribution < 1.29 is 19.1 Å². The van der Waals surface area contributed by atoms with Gasteiger partial charge in [0.05, 0.1) is 17.7 Å². The number of carbonyl (C=O) groups is 2. The zero-order valence-corrected chi connectivity index (χ0v) is 25.2. The van der Waals surface area contributed by atoms with Crippen LogP contribution in [0.2, 0.25) is 0 Å². The van der Waals surface area contributed by atoms with E-state index in [1.165, 1.54) is 18.9 Å². The maximum atomic E-state index is 13.2. The third-order valence-corrected chi connectivity index (χ3v) is 8.83. The lowest BCUT2D eigenvalue weighted by molar-refractivity contribution is -0.118. The van der Waals surface area contributed by atoms with E-state index in [4.69, 9.17) is 21.7 Å². The van der Waals surface area contributed by atoms with E-state index >= 15 is 0 Å². The van der Waals surface area contributed by atoms with Crippen molar-refractivity contribution in [2.75, 3.05) is 30.2 Å². The van der Waals surface area contributed by atoms with Crippen molar-refractivity contribution in [1.29, 1.82) is 0 Å². The molecule has 196 valence electrons. The highest BCUT2D eigenvalue weighted by Crippen LogP contribution is 2.38. The van der Waals surface area contributed by atoms with Gasteiger partial charge in [-0.25, -0.2) is 0 Å². The van der Waals surface area contributed by atoms with Gasteiger partial charge >= 0.3 is 0 Å². The highest BCUT2D eigenvalue weighted by atomic mass is 79.9. The molecule has 0 aliphatic carbocycles. The van der Waals surface area contributed by atoms with Crippen molar-refractivity contribution in [1.82, 2.24) is 0 Å². The summed E-state index contributed by atoms with van der Waals surface area (Å²) in [5.74, 6) is 0.415. The number of amides is 2. The second kappa shape index (κ2) is 12.4. The van der Waals surface area contributed by atoms with E-state index in [0.717, 1.165) is 37.4 Å². The molecule has 1 aliphatic heterocycles. The molecule has 1 heterocycles. The number of thioether (sulfide) groups is 2. The Bertz CT molecular complexity index is 1460. The summed E-state index contributed by atoms with van der Waals surface area (Å²) in [6.07, 6.45) is 3.76. The van der Waals surface area contributed by atoms with Gasteiger partial charge in [-0.15, -0.1) is 11.8 Å². The molecule has 0 atom stereocenters.